The summed E-state index contributed by atoms with van der Waals surface area (Å²) < 4.78 is 0. The molecular weight excluding hydrogens is 270 g/mol. The molecule has 2 N–H and O–H groups in total. The van der Waals surface area contributed by atoms with E-state index < -0.39 is 10.8 Å². The second-order valence-corrected chi connectivity index (χ2v) is 6.10. The van der Waals surface area contributed by atoms with Gasteiger partial charge in [-0.15, -0.1) is 0 Å². The first kappa shape index (κ1) is 15.4. The van der Waals surface area contributed by atoms with E-state index in [0.717, 1.165) is 13.1 Å². The van der Waals surface area contributed by atoms with Crippen LogP contribution in [-0.4, -0.2) is 28.8 Å². The highest BCUT2D eigenvalue weighted by Gasteiger charge is 2.24. The van der Waals surface area contributed by atoms with Crippen molar-refractivity contribution < 1.29 is 9.72 Å². The summed E-state index contributed by atoms with van der Waals surface area (Å²) in [7, 11) is 0. The predicted molar refractivity (Wildman–Crippen MR) is 79.8 cm³/mol. The molecule has 1 aliphatic rings. The first-order valence-electron chi connectivity index (χ1n) is 7.16. The summed E-state index contributed by atoms with van der Waals surface area (Å²) in [6.45, 7) is 6.82. The van der Waals surface area contributed by atoms with Crippen LogP contribution in [0.2, 0.25) is 0 Å². The van der Waals surface area contributed by atoms with E-state index in [2.05, 4.69) is 18.7 Å². The molecule has 114 valence electrons. The minimum atomic E-state index is -0.648. The molecule has 1 fully saturated rings. The third kappa shape index (κ3) is 3.78. The van der Waals surface area contributed by atoms with Crippen molar-refractivity contribution in [2.75, 3.05) is 13.1 Å². The van der Waals surface area contributed by atoms with Crippen LogP contribution in [0.5, 0.6) is 0 Å². The first-order valence-corrected chi connectivity index (χ1v) is 7.16. The number of likely N-dealkylation sites (tertiary alicyclic amines) is 1. The van der Waals surface area contributed by atoms with Gasteiger partial charge in [-0.1, -0.05) is 19.9 Å². The average Bonchev–Trinajstić information content (AvgIpc) is 2.37. The molecule has 1 heterocycles. The van der Waals surface area contributed by atoms with Gasteiger partial charge in [0.2, 0.25) is 5.91 Å². The molecule has 1 amide bonds. The summed E-state index contributed by atoms with van der Waals surface area (Å²) >= 11 is 0. The molecule has 0 spiro atoms. The van der Waals surface area contributed by atoms with Gasteiger partial charge in [-0.3, -0.25) is 19.8 Å². The lowest BCUT2D eigenvalue weighted by atomic mass is 9.91. The number of nitrogens with two attached hydrogens (primary N) is 1. The Bertz CT molecular complexity index is 549. The number of nitro groups is 1. The first-order chi connectivity index (χ1) is 9.86. The Balaban J connectivity index is 2.23. The maximum atomic E-state index is 11.2. The fourth-order valence-electron chi connectivity index (χ4n) is 3.18. The van der Waals surface area contributed by atoms with Gasteiger partial charge in [0, 0.05) is 36.8 Å². The zero-order valence-corrected chi connectivity index (χ0v) is 12.4. The maximum Gasteiger partial charge on any atom is 0.274 e. The van der Waals surface area contributed by atoms with Crippen LogP contribution in [0, 0.1) is 22.0 Å². The summed E-state index contributed by atoms with van der Waals surface area (Å²) in [5.74, 6) is 0.542. The van der Waals surface area contributed by atoms with E-state index in [1.165, 1.54) is 12.5 Å². The monoisotopic (exact) mass is 291 g/mol. The summed E-state index contributed by atoms with van der Waals surface area (Å²) in [4.78, 5) is 24.1. The molecule has 0 radical (unpaired) electrons. The molecule has 2 atom stereocenters. The van der Waals surface area contributed by atoms with Crippen LogP contribution in [0.25, 0.3) is 0 Å². The molecule has 0 bridgehead atoms. The minimum Gasteiger partial charge on any atom is -0.366 e. The van der Waals surface area contributed by atoms with Crippen LogP contribution in [0.4, 0.5) is 5.69 Å². The Kier molecular flexibility index (Phi) is 4.57. The largest absolute Gasteiger partial charge is 0.366 e. The molecular formula is C15H21N3O3. The lowest BCUT2D eigenvalue weighted by molar-refractivity contribution is -0.385. The molecule has 1 aromatic carbocycles. The SMILES string of the molecule is C[C@H]1C[C@H](C)CN(Cc2ccc(C(N)=O)cc2[N+](=O)[O-])C1. The van der Waals surface area contributed by atoms with Crippen molar-refractivity contribution in [1.29, 1.82) is 0 Å². The summed E-state index contributed by atoms with van der Waals surface area (Å²) in [5.41, 5.74) is 5.95. The molecule has 6 nitrogen and oxygen atoms in total. The van der Waals surface area contributed by atoms with Crippen molar-refractivity contribution in [3.8, 4) is 0 Å². The number of carbonyl (C=O) groups excluding carboxylic acids is 1. The Hall–Kier alpha value is -1.95. The van der Waals surface area contributed by atoms with Crippen molar-refractivity contribution in [2.45, 2.75) is 26.8 Å². The molecule has 2 rings (SSSR count). The Labute approximate surface area is 124 Å². The summed E-state index contributed by atoms with van der Waals surface area (Å²) in [6, 6.07) is 4.47. The number of amides is 1. The van der Waals surface area contributed by atoms with Crippen LogP contribution < -0.4 is 5.73 Å². The lowest BCUT2D eigenvalue weighted by Crippen LogP contribution is -2.38. The second kappa shape index (κ2) is 6.22. The second-order valence-electron chi connectivity index (χ2n) is 6.10. The van der Waals surface area contributed by atoms with E-state index in [1.54, 1.807) is 12.1 Å². The van der Waals surface area contributed by atoms with E-state index in [0.29, 0.717) is 23.9 Å². The van der Waals surface area contributed by atoms with Crippen molar-refractivity contribution in [3.63, 3.8) is 0 Å². The number of hydrogen-bond acceptors (Lipinski definition) is 4. The predicted octanol–water partition coefficient (Wildman–Crippen LogP) is 2.17. The van der Waals surface area contributed by atoms with Crippen LogP contribution >= 0.6 is 0 Å². The topological polar surface area (TPSA) is 89.5 Å². The van der Waals surface area contributed by atoms with Gasteiger partial charge in [0.15, 0.2) is 0 Å². The zero-order chi connectivity index (χ0) is 15.6. The standard InChI is InChI=1S/C15H21N3O3/c1-10-5-11(2)8-17(7-10)9-13-4-3-12(15(16)19)6-14(13)18(20)21/h3-4,6,10-11H,5,7-9H2,1-2H3,(H2,16,19)/t10-,11-/m0/s1. The van der Waals surface area contributed by atoms with Crippen LogP contribution in [0.1, 0.15) is 36.2 Å². The van der Waals surface area contributed by atoms with Gasteiger partial charge in [0.1, 0.15) is 0 Å². The molecule has 6 heteroatoms. The number of nitrogens with zero attached hydrogens (tertiary/aromatic N) is 2. The molecule has 21 heavy (non-hydrogen) atoms. The van der Waals surface area contributed by atoms with Gasteiger partial charge in [-0.05, 0) is 24.3 Å². The molecule has 0 unspecified atom stereocenters. The number of primary amides is 1. The normalized spacial score (nSPS) is 23.0. The molecule has 1 aromatic rings. The molecule has 0 aromatic heterocycles. The smallest absolute Gasteiger partial charge is 0.274 e. The average molecular weight is 291 g/mol. The number of hydrogen-bond donors (Lipinski definition) is 1. The number of carbonyl (C=O) groups is 1. The van der Waals surface area contributed by atoms with Gasteiger partial charge in [0.25, 0.3) is 5.69 Å². The third-order valence-corrected chi connectivity index (χ3v) is 3.90. The molecule has 1 saturated heterocycles. The van der Waals surface area contributed by atoms with E-state index in [-0.39, 0.29) is 11.3 Å². The Morgan fingerprint density at radius 2 is 2.00 bits per heavy atom. The van der Waals surface area contributed by atoms with Crippen molar-refractivity contribution in [2.24, 2.45) is 17.6 Å². The van der Waals surface area contributed by atoms with Crippen molar-refractivity contribution in [3.05, 3.63) is 39.4 Å². The van der Waals surface area contributed by atoms with Gasteiger partial charge in [-0.25, -0.2) is 0 Å². The van der Waals surface area contributed by atoms with Gasteiger partial charge in [0.05, 0.1) is 4.92 Å². The highest BCUT2D eigenvalue weighted by molar-refractivity contribution is 5.93. The van der Waals surface area contributed by atoms with Crippen LogP contribution in [-0.2, 0) is 6.54 Å². The van der Waals surface area contributed by atoms with E-state index in [9.17, 15) is 14.9 Å². The zero-order valence-electron chi connectivity index (χ0n) is 12.4. The van der Waals surface area contributed by atoms with Crippen molar-refractivity contribution >= 4 is 11.6 Å². The quantitative estimate of drug-likeness (QED) is 0.680. The molecule has 0 aliphatic carbocycles. The summed E-state index contributed by atoms with van der Waals surface area (Å²) in [5, 5.41) is 11.2. The van der Waals surface area contributed by atoms with E-state index in [4.69, 9.17) is 5.73 Å². The van der Waals surface area contributed by atoms with Crippen LogP contribution in [0.15, 0.2) is 18.2 Å². The number of piperidine rings is 1. The van der Waals surface area contributed by atoms with Crippen molar-refractivity contribution in [1.82, 2.24) is 4.90 Å². The third-order valence-electron chi connectivity index (χ3n) is 3.90. The van der Waals surface area contributed by atoms with Gasteiger partial charge >= 0.3 is 0 Å². The summed E-state index contributed by atoms with van der Waals surface area (Å²) in [6.07, 6.45) is 1.19. The highest BCUT2D eigenvalue weighted by Crippen LogP contribution is 2.26. The van der Waals surface area contributed by atoms with Crippen LogP contribution in [0.3, 0.4) is 0 Å². The lowest BCUT2D eigenvalue weighted by Gasteiger charge is -2.34. The number of rotatable bonds is 4. The van der Waals surface area contributed by atoms with E-state index >= 15 is 0 Å². The maximum absolute atomic E-state index is 11.2. The fraction of sp³-hybridized carbons (Fsp3) is 0.533. The Morgan fingerprint density at radius 1 is 1.38 bits per heavy atom. The fourth-order valence-corrected chi connectivity index (χ4v) is 3.18. The van der Waals surface area contributed by atoms with Gasteiger partial charge in [-0.2, -0.15) is 0 Å². The highest BCUT2D eigenvalue weighted by atomic mass is 16.6. The van der Waals surface area contributed by atoms with Gasteiger partial charge < -0.3 is 5.73 Å². The van der Waals surface area contributed by atoms with E-state index in [1.807, 2.05) is 0 Å². The Morgan fingerprint density at radius 3 is 2.52 bits per heavy atom. The minimum absolute atomic E-state index is 0.0304. The molecule has 1 aliphatic heterocycles. The number of nitro benzene ring substituents is 1. The molecule has 0 saturated carbocycles. The number of benzene rings is 1.